The largest absolute Gasteiger partial charge is 0.469 e. The van der Waals surface area contributed by atoms with Gasteiger partial charge >= 0.3 is 0 Å². The van der Waals surface area contributed by atoms with Gasteiger partial charge in [-0.3, -0.25) is 0 Å². The Kier molecular flexibility index (Phi) is 2.71. The molecule has 1 unspecified atom stereocenters. The van der Waals surface area contributed by atoms with E-state index in [0.29, 0.717) is 0 Å². The van der Waals surface area contributed by atoms with Crippen LogP contribution in [0, 0.1) is 6.92 Å². The molecule has 1 heterocycles. The van der Waals surface area contributed by atoms with Crippen molar-refractivity contribution in [2.75, 3.05) is 0 Å². The average Bonchev–Trinajstić information content (AvgIpc) is 2.31. The van der Waals surface area contributed by atoms with Crippen LogP contribution < -0.4 is 5.73 Å². The van der Waals surface area contributed by atoms with Crippen LogP contribution in [0.3, 0.4) is 0 Å². The maximum atomic E-state index is 5.63. The highest BCUT2D eigenvalue weighted by molar-refractivity contribution is 5.15. The summed E-state index contributed by atoms with van der Waals surface area (Å²) in [6.45, 7) is 4.01. The second kappa shape index (κ2) is 3.58. The third-order valence-corrected chi connectivity index (χ3v) is 1.84. The normalized spacial score (nSPS) is 13.4. The Balaban J connectivity index is 2.44. The van der Waals surface area contributed by atoms with Gasteiger partial charge in [-0.2, -0.15) is 0 Å². The maximum Gasteiger partial charge on any atom is 0.103 e. The Morgan fingerprint density at radius 2 is 2.36 bits per heavy atom. The molecule has 2 heteroatoms. The van der Waals surface area contributed by atoms with E-state index in [0.717, 1.165) is 18.6 Å². The second-order valence-corrected chi connectivity index (χ2v) is 3.02. The molecule has 2 N–H and O–H groups in total. The molecule has 1 aromatic heterocycles. The standard InChI is InChI=1S/C9H15NO/c1-7(10)3-4-9-5-6-11-8(9)2/h5-7H,3-4,10H2,1-2H3. The van der Waals surface area contributed by atoms with E-state index in [2.05, 4.69) is 0 Å². The molecule has 0 fully saturated rings. The molecule has 0 saturated heterocycles. The molecule has 0 aliphatic heterocycles. The van der Waals surface area contributed by atoms with Gasteiger partial charge in [0.1, 0.15) is 5.76 Å². The lowest BCUT2D eigenvalue weighted by atomic mass is 10.1. The molecule has 0 aliphatic carbocycles. The van der Waals surface area contributed by atoms with Crippen molar-refractivity contribution in [1.82, 2.24) is 0 Å². The predicted octanol–water partition coefficient (Wildman–Crippen LogP) is 1.87. The third-order valence-electron chi connectivity index (χ3n) is 1.84. The number of nitrogens with two attached hydrogens (primary N) is 1. The highest BCUT2D eigenvalue weighted by Crippen LogP contribution is 2.11. The summed E-state index contributed by atoms with van der Waals surface area (Å²) in [6, 6.07) is 2.29. The molecule has 62 valence electrons. The maximum absolute atomic E-state index is 5.63. The SMILES string of the molecule is Cc1occc1CCC(C)N. The van der Waals surface area contributed by atoms with E-state index in [9.17, 15) is 0 Å². The van der Waals surface area contributed by atoms with Gasteiger partial charge in [0.2, 0.25) is 0 Å². The van der Waals surface area contributed by atoms with Crippen LogP contribution >= 0.6 is 0 Å². The molecule has 1 atom stereocenters. The summed E-state index contributed by atoms with van der Waals surface area (Å²) in [5, 5.41) is 0. The Labute approximate surface area is 67.4 Å². The molecular formula is C9H15NO. The zero-order valence-corrected chi connectivity index (χ0v) is 7.13. The van der Waals surface area contributed by atoms with Gasteiger partial charge in [0.05, 0.1) is 6.26 Å². The molecule has 1 rings (SSSR count). The van der Waals surface area contributed by atoms with Gasteiger partial charge in [0.25, 0.3) is 0 Å². The summed E-state index contributed by atoms with van der Waals surface area (Å²) >= 11 is 0. The minimum atomic E-state index is 0.282. The fraction of sp³-hybridized carbons (Fsp3) is 0.556. The molecule has 0 bridgehead atoms. The summed E-state index contributed by atoms with van der Waals surface area (Å²) in [4.78, 5) is 0. The molecule has 2 nitrogen and oxygen atoms in total. The van der Waals surface area contributed by atoms with Crippen molar-refractivity contribution in [3.05, 3.63) is 23.7 Å². The zero-order chi connectivity index (χ0) is 8.27. The molecule has 0 spiro atoms. The van der Waals surface area contributed by atoms with E-state index < -0.39 is 0 Å². The molecule has 0 radical (unpaired) electrons. The molecule has 0 saturated carbocycles. The number of furan rings is 1. The van der Waals surface area contributed by atoms with Crippen LogP contribution in [0.5, 0.6) is 0 Å². The van der Waals surface area contributed by atoms with Gasteiger partial charge in [0.15, 0.2) is 0 Å². The monoisotopic (exact) mass is 153 g/mol. The Morgan fingerprint density at radius 3 is 2.82 bits per heavy atom. The van der Waals surface area contributed by atoms with Gasteiger partial charge in [-0.1, -0.05) is 0 Å². The molecule has 0 amide bonds. The van der Waals surface area contributed by atoms with Gasteiger partial charge in [-0.25, -0.2) is 0 Å². The summed E-state index contributed by atoms with van der Waals surface area (Å²) in [6.07, 6.45) is 3.78. The summed E-state index contributed by atoms with van der Waals surface area (Å²) in [5.41, 5.74) is 6.91. The van der Waals surface area contributed by atoms with Crippen molar-refractivity contribution < 1.29 is 4.42 Å². The second-order valence-electron chi connectivity index (χ2n) is 3.02. The fourth-order valence-electron chi connectivity index (χ4n) is 1.05. The molecule has 0 aromatic carbocycles. The van der Waals surface area contributed by atoms with Crippen molar-refractivity contribution in [2.45, 2.75) is 32.7 Å². The quantitative estimate of drug-likeness (QED) is 0.720. The Bertz CT molecular complexity index is 215. The molecule has 11 heavy (non-hydrogen) atoms. The van der Waals surface area contributed by atoms with Gasteiger partial charge in [-0.05, 0) is 38.3 Å². The van der Waals surface area contributed by atoms with E-state index >= 15 is 0 Å². The topological polar surface area (TPSA) is 39.2 Å². The van der Waals surface area contributed by atoms with Crippen LogP contribution in [0.15, 0.2) is 16.7 Å². The van der Waals surface area contributed by atoms with E-state index in [-0.39, 0.29) is 6.04 Å². The highest BCUT2D eigenvalue weighted by atomic mass is 16.3. The molecular weight excluding hydrogens is 138 g/mol. The number of rotatable bonds is 3. The van der Waals surface area contributed by atoms with E-state index in [1.165, 1.54) is 5.56 Å². The number of hydrogen-bond donors (Lipinski definition) is 1. The first-order chi connectivity index (χ1) is 5.20. The lowest BCUT2D eigenvalue weighted by molar-refractivity contribution is 0.527. The predicted molar refractivity (Wildman–Crippen MR) is 45.4 cm³/mol. The smallest absolute Gasteiger partial charge is 0.103 e. The average molecular weight is 153 g/mol. The summed E-state index contributed by atoms with van der Waals surface area (Å²) in [5.74, 6) is 1.02. The first-order valence-electron chi connectivity index (χ1n) is 3.98. The number of hydrogen-bond acceptors (Lipinski definition) is 2. The van der Waals surface area contributed by atoms with E-state index in [4.69, 9.17) is 10.2 Å². The Morgan fingerprint density at radius 1 is 1.64 bits per heavy atom. The lowest BCUT2D eigenvalue weighted by Crippen LogP contribution is -2.15. The van der Waals surface area contributed by atoms with Crippen molar-refractivity contribution in [2.24, 2.45) is 5.73 Å². The first kappa shape index (κ1) is 8.34. The highest BCUT2D eigenvalue weighted by Gasteiger charge is 2.01. The fourth-order valence-corrected chi connectivity index (χ4v) is 1.05. The van der Waals surface area contributed by atoms with Crippen molar-refractivity contribution in [3.8, 4) is 0 Å². The third kappa shape index (κ3) is 2.39. The van der Waals surface area contributed by atoms with Crippen LogP contribution in [-0.2, 0) is 6.42 Å². The van der Waals surface area contributed by atoms with E-state index in [1.807, 2.05) is 19.9 Å². The van der Waals surface area contributed by atoms with Crippen molar-refractivity contribution in [3.63, 3.8) is 0 Å². The van der Waals surface area contributed by atoms with Crippen LogP contribution in [0.2, 0.25) is 0 Å². The summed E-state index contributed by atoms with van der Waals surface area (Å²) < 4.78 is 5.16. The minimum absolute atomic E-state index is 0.282. The Hall–Kier alpha value is -0.760. The van der Waals surface area contributed by atoms with Crippen LogP contribution in [0.25, 0.3) is 0 Å². The first-order valence-corrected chi connectivity index (χ1v) is 3.98. The van der Waals surface area contributed by atoms with Crippen molar-refractivity contribution >= 4 is 0 Å². The zero-order valence-electron chi connectivity index (χ0n) is 7.13. The lowest BCUT2D eigenvalue weighted by Gasteiger charge is -2.02. The summed E-state index contributed by atoms with van der Waals surface area (Å²) in [7, 11) is 0. The molecule has 1 aromatic rings. The van der Waals surface area contributed by atoms with E-state index in [1.54, 1.807) is 6.26 Å². The van der Waals surface area contributed by atoms with Gasteiger partial charge in [0, 0.05) is 6.04 Å². The van der Waals surface area contributed by atoms with Crippen LogP contribution in [0.4, 0.5) is 0 Å². The van der Waals surface area contributed by atoms with Crippen LogP contribution in [-0.4, -0.2) is 6.04 Å². The van der Waals surface area contributed by atoms with Gasteiger partial charge < -0.3 is 10.2 Å². The van der Waals surface area contributed by atoms with Crippen LogP contribution in [0.1, 0.15) is 24.7 Å². The minimum Gasteiger partial charge on any atom is -0.469 e. The molecule has 0 aliphatic rings. The number of aryl methyl sites for hydroxylation is 2. The van der Waals surface area contributed by atoms with Gasteiger partial charge in [-0.15, -0.1) is 0 Å². The van der Waals surface area contributed by atoms with Crippen molar-refractivity contribution in [1.29, 1.82) is 0 Å².